The van der Waals surface area contributed by atoms with Gasteiger partial charge in [0.15, 0.2) is 0 Å². The van der Waals surface area contributed by atoms with Crippen molar-refractivity contribution < 1.29 is 24.4 Å². The number of anilines is 1. The van der Waals surface area contributed by atoms with Crippen LogP contribution in [0.15, 0.2) is 84.4 Å². The number of aliphatic hydroxyl groups excluding tert-OH is 1. The highest BCUT2D eigenvalue weighted by atomic mass is 16.6. The first kappa shape index (κ1) is 22.7. The Morgan fingerprint density at radius 1 is 1.00 bits per heavy atom. The SMILES string of the molecule is CC(C)Oc1cccc(C2/C(=C(\O)c3ccc([N+](=O)[O-])cc3)C(=O)C(=O)N2c2ccccc2)c1. The van der Waals surface area contributed by atoms with E-state index in [2.05, 4.69) is 0 Å². The predicted molar refractivity (Wildman–Crippen MR) is 127 cm³/mol. The second-order valence-electron chi connectivity index (χ2n) is 8.05. The van der Waals surface area contributed by atoms with Crippen molar-refractivity contribution in [3.05, 3.63) is 106 Å². The van der Waals surface area contributed by atoms with Gasteiger partial charge < -0.3 is 9.84 Å². The molecular formula is C26H22N2O6. The number of Topliss-reactive ketones (excluding diaryl/α,β-unsaturated/α-hetero) is 1. The maximum Gasteiger partial charge on any atom is 0.300 e. The van der Waals surface area contributed by atoms with Crippen LogP contribution in [0.25, 0.3) is 5.76 Å². The van der Waals surface area contributed by atoms with Gasteiger partial charge in [-0.2, -0.15) is 0 Å². The molecule has 1 amide bonds. The lowest BCUT2D eigenvalue weighted by atomic mass is 9.95. The molecule has 1 unspecified atom stereocenters. The molecule has 8 heteroatoms. The average Bonchev–Trinajstić information content (AvgIpc) is 3.09. The summed E-state index contributed by atoms with van der Waals surface area (Å²) in [4.78, 5) is 38.1. The minimum Gasteiger partial charge on any atom is -0.507 e. The normalized spacial score (nSPS) is 17.3. The van der Waals surface area contributed by atoms with Gasteiger partial charge in [0.2, 0.25) is 0 Å². The number of ketones is 1. The van der Waals surface area contributed by atoms with Gasteiger partial charge in [0, 0.05) is 23.4 Å². The molecule has 0 spiro atoms. The first-order valence-corrected chi connectivity index (χ1v) is 10.7. The summed E-state index contributed by atoms with van der Waals surface area (Å²) in [5.41, 5.74) is 0.995. The van der Waals surface area contributed by atoms with Gasteiger partial charge in [-0.15, -0.1) is 0 Å². The van der Waals surface area contributed by atoms with E-state index in [1.165, 1.54) is 29.2 Å². The van der Waals surface area contributed by atoms with Crippen molar-refractivity contribution in [3.8, 4) is 5.75 Å². The molecule has 34 heavy (non-hydrogen) atoms. The second kappa shape index (κ2) is 9.19. The molecule has 0 aliphatic carbocycles. The van der Waals surface area contributed by atoms with E-state index < -0.39 is 28.4 Å². The molecule has 1 aliphatic rings. The lowest BCUT2D eigenvalue weighted by Crippen LogP contribution is -2.29. The van der Waals surface area contributed by atoms with Crippen LogP contribution in [0.2, 0.25) is 0 Å². The topological polar surface area (TPSA) is 110 Å². The molecule has 0 bridgehead atoms. The molecule has 3 aromatic carbocycles. The van der Waals surface area contributed by atoms with E-state index in [1.807, 2.05) is 13.8 Å². The largest absolute Gasteiger partial charge is 0.507 e. The van der Waals surface area contributed by atoms with Crippen molar-refractivity contribution in [2.75, 3.05) is 4.90 Å². The molecule has 172 valence electrons. The molecule has 4 rings (SSSR count). The van der Waals surface area contributed by atoms with Crippen LogP contribution in [-0.4, -0.2) is 27.8 Å². The van der Waals surface area contributed by atoms with E-state index in [-0.39, 0.29) is 22.9 Å². The van der Waals surface area contributed by atoms with Crippen LogP contribution in [-0.2, 0) is 9.59 Å². The van der Waals surface area contributed by atoms with E-state index in [0.717, 1.165) is 0 Å². The number of hydrogen-bond acceptors (Lipinski definition) is 6. The van der Waals surface area contributed by atoms with Crippen LogP contribution < -0.4 is 9.64 Å². The van der Waals surface area contributed by atoms with Crippen molar-refractivity contribution in [3.63, 3.8) is 0 Å². The maximum absolute atomic E-state index is 13.2. The third kappa shape index (κ3) is 4.25. The Labute approximate surface area is 195 Å². The lowest BCUT2D eigenvalue weighted by Gasteiger charge is -2.26. The first-order chi connectivity index (χ1) is 16.3. The van der Waals surface area contributed by atoms with Crippen LogP contribution in [0.3, 0.4) is 0 Å². The number of nitrogens with zero attached hydrogens (tertiary/aromatic N) is 2. The van der Waals surface area contributed by atoms with Crippen molar-refractivity contribution in [2.45, 2.75) is 26.0 Å². The zero-order chi connectivity index (χ0) is 24.4. The molecule has 8 nitrogen and oxygen atoms in total. The van der Waals surface area contributed by atoms with Crippen molar-refractivity contribution in [2.24, 2.45) is 0 Å². The average molecular weight is 458 g/mol. The van der Waals surface area contributed by atoms with E-state index in [1.54, 1.807) is 54.6 Å². The van der Waals surface area contributed by atoms with E-state index in [9.17, 15) is 24.8 Å². The number of carbonyl (C=O) groups excluding carboxylic acids is 2. The number of carbonyl (C=O) groups is 2. The summed E-state index contributed by atoms with van der Waals surface area (Å²) in [7, 11) is 0. The molecule has 1 heterocycles. The number of aliphatic hydroxyl groups is 1. The van der Waals surface area contributed by atoms with Crippen LogP contribution in [0.1, 0.15) is 31.0 Å². The zero-order valence-corrected chi connectivity index (χ0v) is 18.5. The predicted octanol–water partition coefficient (Wildman–Crippen LogP) is 5.01. The fourth-order valence-corrected chi connectivity index (χ4v) is 3.93. The summed E-state index contributed by atoms with van der Waals surface area (Å²) < 4.78 is 5.79. The molecule has 0 aromatic heterocycles. The van der Waals surface area contributed by atoms with Crippen LogP contribution in [0, 0.1) is 10.1 Å². The molecule has 1 saturated heterocycles. The Hall–Kier alpha value is -4.46. The van der Waals surface area contributed by atoms with E-state index in [0.29, 0.717) is 17.0 Å². The summed E-state index contributed by atoms with van der Waals surface area (Å²) in [5.74, 6) is -1.48. The molecular weight excluding hydrogens is 436 g/mol. The zero-order valence-electron chi connectivity index (χ0n) is 18.5. The number of para-hydroxylation sites is 1. The summed E-state index contributed by atoms with van der Waals surface area (Å²) in [6, 6.07) is 20.0. The Morgan fingerprint density at radius 2 is 1.68 bits per heavy atom. The standard InChI is InChI=1S/C26H22N2O6/c1-16(2)34-21-10-6-7-18(15-21)23-22(24(29)17-11-13-20(14-12-17)28(32)33)25(30)26(31)27(23)19-8-4-3-5-9-19/h3-16,23,29H,1-2H3/b24-22+. The fourth-order valence-electron chi connectivity index (χ4n) is 3.93. The van der Waals surface area contributed by atoms with Gasteiger partial charge in [-0.3, -0.25) is 24.6 Å². The first-order valence-electron chi connectivity index (χ1n) is 10.7. The Morgan fingerprint density at radius 3 is 2.29 bits per heavy atom. The summed E-state index contributed by atoms with van der Waals surface area (Å²) in [6.45, 7) is 3.77. The summed E-state index contributed by atoms with van der Waals surface area (Å²) >= 11 is 0. The number of rotatable bonds is 6. The summed E-state index contributed by atoms with van der Waals surface area (Å²) in [5, 5.41) is 22.1. The van der Waals surface area contributed by atoms with Gasteiger partial charge in [-0.1, -0.05) is 30.3 Å². The number of nitro groups is 1. The van der Waals surface area contributed by atoms with Gasteiger partial charge in [-0.05, 0) is 55.8 Å². The monoisotopic (exact) mass is 458 g/mol. The maximum atomic E-state index is 13.2. The van der Waals surface area contributed by atoms with Gasteiger partial charge in [0.25, 0.3) is 17.4 Å². The lowest BCUT2D eigenvalue weighted by molar-refractivity contribution is -0.384. The molecule has 1 fully saturated rings. The van der Waals surface area contributed by atoms with Gasteiger partial charge in [0.05, 0.1) is 22.6 Å². The fraction of sp³-hybridized carbons (Fsp3) is 0.154. The minimum atomic E-state index is -0.923. The van der Waals surface area contributed by atoms with Gasteiger partial charge >= 0.3 is 0 Å². The van der Waals surface area contributed by atoms with Crippen molar-refractivity contribution >= 4 is 28.8 Å². The molecule has 1 aliphatic heterocycles. The Balaban J connectivity index is 1.90. The Kier molecular flexibility index (Phi) is 6.14. The second-order valence-corrected chi connectivity index (χ2v) is 8.05. The van der Waals surface area contributed by atoms with Crippen molar-refractivity contribution in [1.29, 1.82) is 0 Å². The Bertz CT molecular complexity index is 1280. The van der Waals surface area contributed by atoms with E-state index in [4.69, 9.17) is 4.74 Å². The highest BCUT2D eigenvalue weighted by Crippen LogP contribution is 2.42. The third-order valence-electron chi connectivity index (χ3n) is 5.38. The highest BCUT2D eigenvalue weighted by molar-refractivity contribution is 6.51. The molecule has 3 aromatic rings. The van der Waals surface area contributed by atoms with Crippen LogP contribution in [0.5, 0.6) is 5.75 Å². The third-order valence-corrected chi connectivity index (χ3v) is 5.38. The quantitative estimate of drug-likeness (QED) is 0.183. The molecule has 1 N–H and O–H groups in total. The van der Waals surface area contributed by atoms with Crippen molar-refractivity contribution in [1.82, 2.24) is 0 Å². The smallest absolute Gasteiger partial charge is 0.300 e. The number of non-ortho nitro benzene ring substituents is 1. The minimum absolute atomic E-state index is 0.0872. The number of hydrogen-bond donors (Lipinski definition) is 1. The molecule has 1 atom stereocenters. The number of nitro benzene ring substituents is 1. The number of ether oxygens (including phenoxy) is 1. The number of benzene rings is 3. The van der Waals surface area contributed by atoms with Gasteiger partial charge in [-0.25, -0.2) is 0 Å². The van der Waals surface area contributed by atoms with E-state index >= 15 is 0 Å². The number of amides is 1. The summed E-state index contributed by atoms with van der Waals surface area (Å²) in [6.07, 6.45) is -0.0872. The van der Waals surface area contributed by atoms with Gasteiger partial charge in [0.1, 0.15) is 11.5 Å². The molecule has 0 radical (unpaired) electrons. The van der Waals surface area contributed by atoms with Crippen LogP contribution in [0.4, 0.5) is 11.4 Å². The highest BCUT2D eigenvalue weighted by Gasteiger charge is 2.47. The van der Waals surface area contributed by atoms with Crippen LogP contribution >= 0.6 is 0 Å². The molecule has 0 saturated carbocycles.